The van der Waals surface area contributed by atoms with E-state index in [4.69, 9.17) is 5.11 Å². The van der Waals surface area contributed by atoms with E-state index in [0.717, 1.165) is 11.1 Å². The Morgan fingerprint density at radius 1 is 1.20 bits per heavy atom. The Balaban J connectivity index is 2.16. The Labute approximate surface area is 121 Å². The van der Waals surface area contributed by atoms with Crippen molar-refractivity contribution in [3.63, 3.8) is 0 Å². The van der Waals surface area contributed by atoms with Gasteiger partial charge in [-0.05, 0) is 41.7 Å². The number of aryl methyl sites for hydroxylation is 1. The van der Waals surface area contributed by atoms with Crippen LogP contribution in [0.5, 0.6) is 0 Å². The van der Waals surface area contributed by atoms with Gasteiger partial charge in [-0.3, -0.25) is 14.9 Å². The molecule has 0 atom stereocenters. The molecule has 0 spiro atoms. The number of aliphatic carboxylic acids is 1. The zero-order valence-electron chi connectivity index (χ0n) is 11.3. The summed E-state index contributed by atoms with van der Waals surface area (Å²) in [7, 11) is 0. The Kier molecular flexibility index (Phi) is 6.72. The Hall–Kier alpha value is -1.89. The molecule has 1 aromatic heterocycles. The molecule has 0 aliphatic carbocycles. The first-order chi connectivity index (χ1) is 9.49. The lowest BCUT2D eigenvalue weighted by Crippen LogP contribution is -2.39. The lowest BCUT2D eigenvalue weighted by Gasteiger charge is -2.06. The van der Waals surface area contributed by atoms with Gasteiger partial charge >= 0.3 is 12.0 Å². The number of unbranched alkanes of at least 4 members (excludes halogenated alkanes) is 1. The fraction of sp³-hybridized carbons (Fsp3) is 0.462. The van der Waals surface area contributed by atoms with Crippen molar-refractivity contribution in [2.75, 3.05) is 0 Å². The van der Waals surface area contributed by atoms with Crippen LogP contribution in [-0.4, -0.2) is 23.0 Å². The van der Waals surface area contributed by atoms with Crippen LogP contribution < -0.4 is 10.6 Å². The van der Waals surface area contributed by atoms with Crippen LogP contribution in [0.25, 0.3) is 0 Å². The molecule has 1 aromatic rings. The van der Waals surface area contributed by atoms with Gasteiger partial charge in [-0.1, -0.05) is 0 Å². The third-order valence-electron chi connectivity index (χ3n) is 2.70. The normalized spacial score (nSPS) is 10.1. The molecule has 3 N–H and O–H groups in total. The van der Waals surface area contributed by atoms with E-state index in [1.54, 1.807) is 11.3 Å². The summed E-state index contributed by atoms with van der Waals surface area (Å²) in [6.07, 6.45) is 1.07. The fourth-order valence-electron chi connectivity index (χ4n) is 1.54. The molecule has 20 heavy (non-hydrogen) atoms. The predicted octanol–water partition coefficient (Wildman–Crippen LogP) is 2.03. The molecular weight excluding hydrogens is 280 g/mol. The van der Waals surface area contributed by atoms with E-state index in [1.165, 1.54) is 0 Å². The quantitative estimate of drug-likeness (QED) is 0.671. The summed E-state index contributed by atoms with van der Waals surface area (Å²) >= 11 is 1.56. The number of rotatable bonds is 7. The summed E-state index contributed by atoms with van der Waals surface area (Å²) in [5, 5.41) is 17.2. The van der Waals surface area contributed by atoms with Crippen LogP contribution in [0.4, 0.5) is 4.79 Å². The maximum atomic E-state index is 11.5. The van der Waals surface area contributed by atoms with Gasteiger partial charge in [0.2, 0.25) is 5.91 Å². The van der Waals surface area contributed by atoms with Gasteiger partial charge in [0.05, 0.1) is 0 Å². The second-order valence-electron chi connectivity index (χ2n) is 4.41. The van der Waals surface area contributed by atoms with Crippen LogP contribution >= 0.6 is 11.3 Å². The molecule has 0 bridgehead atoms. The van der Waals surface area contributed by atoms with Crippen molar-refractivity contribution in [1.29, 1.82) is 0 Å². The van der Waals surface area contributed by atoms with Crippen molar-refractivity contribution in [3.8, 4) is 0 Å². The first kappa shape index (κ1) is 16.2. The van der Waals surface area contributed by atoms with Crippen molar-refractivity contribution >= 4 is 29.2 Å². The van der Waals surface area contributed by atoms with E-state index < -0.39 is 17.9 Å². The second kappa shape index (κ2) is 8.31. The predicted molar refractivity (Wildman–Crippen MR) is 75.5 cm³/mol. The molecule has 1 rings (SSSR count). The van der Waals surface area contributed by atoms with E-state index in [2.05, 4.69) is 10.6 Å². The number of hydrogen-bond donors (Lipinski definition) is 3. The van der Waals surface area contributed by atoms with Crippen LogP contribution in [0.1, 0.15) is 36.8 Å². The van der Waals surface area contributed by atoms with Crippen LogP contribution in [0, 0.1) is 6.92 Å². The molecule has 0 aromatic carbocycles. The molecule has 6 nitrogen and oxygen atoms in total. The summed E-state index contributed by atoms with van der Waals surface area (Å²) in [5.74, 6) is -1.27. The second-order valence-corrected chi connectivity index (χ2v) is 5.16. The average molecular weight is 298 g/mol. The summed E-state index contributed by atoms with van der Waals surface area (Å²) in [6, 6.07) is -0.529. The highest BCUT2D eigenvalue weighted by Gasteiger charge is 2.08. The van der Waals surface area contributed by atoms with E-state index in [9.17, 15) is 14.4 Å². The van der Waals surface area contributed by atoms with Gasteiger partial charge < -0.3 is 10.4 Å². The standard InChI is InChI=1S/C13H18N2O4S/c1-9-7-20-8-10(9)6-14-13(19)15-11(16)4-2-3-5-12(17)18/h7-8H,2-6H2,1H3,(H,17,18)(H2,14,15,16,19). The fourth-order valence-corrected chi connectivity index (χ4v) is 2.40. The maximum Gasteiger partial charge on any atom is 0.321 e. The minimum atomic E-state index is -0.880. The molecule has 0 aliphatic heterocycles. The number of carboxylic acid groups (broad SMARTS) is 1. The van der Waals surface area contributed by atoms with Gasteiger partial charge in [-0.15, -0.1) is 0 Å². The SMILES string of the molecule is Cc1cscc1CNC(=O)NC(=O)CCCCC(=O)O. The molecule has 0 unspecified atom stereocenters. The molecule has 3 amide bonds. The van der Waals surface area contributed by atoms with Gasteiger partial charge in [0, 0.05) is 19.4 Å². The van der Waals surface area contributed by atoms with Crippen LogP contribution in [0.3, 0.4) is 0 Å². The number of imide groups is 1. The highest BCUT2D eigenvalue weighted by Crippen LogP contribution is 2.12. The number of urea groups is 1. The number of amides is 3. The Bertz CT molecular complexity index is 484. The van der Waals surface area contributed by atoms with Crippen LogP contribution in [-0.2, 0) is 16.1 Å². The lowest BCUT2D eigenvalue weighted by atomic mass is 10.2. The third-order valence-corrected chi connectivity index (χ3v) is 3.61. The molecule has 0 aliphatic rings. The Morgan fingerprint density at radius 3 is 2.50 bits per heavy atom. The molecule has 1 heterocycles. The third kappa shape index (κ3) is 6.33. The van der Waals surface area contributed by atoms with Crippen molar-refractivity contribution in [2.24, 2.45) is 0 Å². The van der Waals surface area contributed by atoms with Gasteiger partial charge in [-0.2, -0.15) is 11.3 Å². The zero-order chi connectivity index (χ0) is 15.0. The highest BCUT2D eigenvalue weighted by molar-refractivity contribution is 7.08. The summed E-state index contributed by atoms with van der Waals surface area (Å²) in [4.78, 5) is 33.2. The zero-order valence-corrected chi connectivity index (χ0v) is 12.1. The van der Waals surface area contributed by atoms with Crippen molar-refractivity contribution in [1.82, 2.24) is 10.6 Å². The number of carbonyl (C=O) groups is 3. The summed E-state index contributed by atoms with van der Waals surface area (Å²) in [5.41, 5.74) is 2.13. The van der Waals surface area contributed by atoms with E-state index >= 15 is 0 Å². The summed E-state index contributed by atoms with van der Waals surface area (Å²) < 4.78 is 0. The first-order valence-electron chi connectivity index (χ1n) is 6.30. The lowest BCUT2D eigenvalue weighted by molar-refractivity contribution is -0.137. The topological polar surface area (TPSA) is 95.5 Å². The molecule has 0 fully saturated rings. The Morgan fingerprint density at radius 2 is 1.90 bits per heavy atom. The van der Waals surface area contributed by atoms with Gasteiger partial charge in [0.25, 0.3) is 0 Å². The molecule has 7 heteroatoms. The van der Waals surface area contributed by atoms with Crippen LogP contribution in [0.2, 0.25) is 0 Å². The van der Waals surface area contributed by atoms with Gasteiger partial charge in [0.1, 0.15) is 0 Å². The number of hydrogen-bond acceptors (Lipinski definition) is 4. The van der Waals surface area contributed by atoms with Gasteiger partial charge in [0.15, 0.2) is 0 Å². The maximum absolute atomic E-state index is 11.5. The smallest absolute Gasteiger partial charge is 0.321 e. The van der Waals surface area contributed by atoms with Gasteiger partial charge in [-0.25, -0.2) is 4.79 Å². The summed E-state index contributed by atoms with van der Waals surface area (Å²) in [6.45, 7) is 2.34. The molecule has 0 radical (unpaired) electrons. The van der Waals surface area contributed by atoms with E-state index in [0.29, 0.717) is 19.4 Å². The molecule has 0 saturated carbocycles. The van der Waals surface area contributed by atoms with Crippen molar-refractivity contribution < 1.29 is 19.5 Å². The minimum Gasteiger partial charge on any atom is -0.481 e. The van der Waals surface area contributed by atoms with Crippen LogP contribution in [0.15, 0.2) is 10.8 Å². The first-order valence-corrected chi connectivity index (χ1v) is 7.24. The average Bonchev–Trinajstić information content (AvgIpc) is 2.77. The largest absolute Gasteiger partial charge is 0.481 e. The van der Waals surface area contributed by atoms with E-state index in [-0.39, 0.29) is 12.8 Å². The van der Waals surface area contributed by atoms with Crippen molar-refractivity contribution in [2.45, 2.75) is 39.2 Å². The molecule has 0 saturated heterocycles. The molecular formula is C13H18N2O4S. The molecule has 110 valence electrons. The number of thiophene rings is 1. The van der Waals surface area contributed by atoms with Crippen molar-refractivity contribution in [3.05, 3.63) is 21.9 Å². The monoisotopic (exact) mass is 298 g/mol. The minimum absolute atomic E-state index is 0.0386. The number of carbonyl (C=O) groups excluding carboxylic acids is 2. The number of carboxylic acids is 1. The highest BCUT2D eigenvalue weighted by atomic mass is 32.1. The van der Waals surface area contributed by atoms with E-state index in [1.807, 2.05) is 17.7 Å². The number of nitrogens with one attached hydrogen (secondary N) is 2.